The number of aryl methyl sites for hydroxylation is 1. The third-order valence-electron chi connectivity index (χ3n) is 2.88. The summed E-state index contributed by atoms with van der Waals surface area (Å²) in [6, 6.07) is 13.9. The molecule has 92 valence electrons. The van der Waals surface area contributed by atoms with E-state index in [1.165, 1.54) is 12.1 Å². The average Bonchev–Trinajstić information content (AvgIpc) is 2.39. The fraction of sp³-hybridized carbons (Fsp3) is 0.143. The molecule has 1 atom stereocenters. The number of nitrogens with zero attached hydrogens (tertiary/aromatic N) is 1. The first kappa shape index (κ1) is 12.3. The van der Waals surface area contributed by atoms with Gasteiger partial charge < -0.3 is 5.73 Å². The molecule has 0 spiro atoms. The number of non-ortho nitro benzene ring substituents is 1. The standard InChI is InChI=1S/C14H14N2O2/c1-10-5-7-11(8-6-10)14(15)12-3-2-4-13(9-12)16(17)18/h2-9,14H,15H2,1H3. The molecule has 0 radical (unpaired) electrons. The minimum absolute atomic E-state index is 0.0649. The van der Waals surface area contributed by atoms with Crippen molar-refractivity contribution in [1.29, 1.82) is 0 Å². The van der Waals surface area contributed by atoms with Crippen molar-refractivity contribution >= 4 is 5.69 Å². The number of nitro benzene ring substituents is 1. The highest BCUT2D eigenvalue weighted by Crippen LogP contribution is 2.23. The Balaban J connectivity index is 2.33. The Bertz CT molecular complexity index is 564. The molecule has 0 saturated carbocycles. The smallest absolute Gasteiger partial charge is 0.269 e. The van der Waals surface area contributed by atoms with E-state index < -0.39 is 4.92 Å². The third kappa shape index (κ3) is 2.55. The maximum Gasteiger partial charge on any atom is 0.269 e. The van der Waals surface area contributed by atoms with Gasteiger partial charge in [0.1, 0.15) is 0 Å². The van der Waals surface area contributed by atoms with E-state index in [9.17, 15) is 10.1 Å². The van der Waals surface area contributed by atoms with Crippen LogP contribution in [-0.2, 0) is 0 Å². The lowest BCUT2D eigenvalue weighted by Gasteiger charge is -2.12. The number of benzene rings is 2. The minimum atomic E-state index is -0.411. The fourth-order valence-electron chi connectivity index (χ4n) is 1.80. The van der Waals surface area contributed by atoms with Gasteiger partial charge in [-0.1, -0.05) is 42.0 Å². The van der Waals surface area contributed by atoms with E-state index in [4.69, 9.17) is 5.73 Å². The lowest BCUT2D eigenvalue weighted by atomic mass is 9.98. The summed E-state index contributed by atoms with van der Waals surface area (Å²) in [5, 5.41) is 10.7. The van der Waals surface area contributed by atoms with Crippen molar-refractivity contribution in [3.8, 4) is 0 Å². The minimum Gasteiger partial charge on any atom is -0.320 e. The van der Waals surface area contributed by atoms with Crippen LogP contribution in [0, 0.1) is 17.0 Å². The fourth-order valence-corrected chi connectivity index (χ4v) is 1.80. The molecule has 4 nitrogen and oxygen atoms in total. The zero-order chi connectivity index (χ0) is 13.1. The predicted molar refractivity (Wildman–Crippen MR) is 70.3 cm³/mol. The van der Waals surface area contributed by atoms with E-state index >= 15 is 0 Å². The van der Waals surface area contributed by atoms with Gasteiger partial charge in [0, 0.05) is 12.1 Å². The predicted octanol–water partition coefficient (Wildman–Crippen LogP) is 2.95. The lowest BCUT2D eigenvalue weighted by molar-refractivity contribution is -0.384. The summed E-state index contributed by atoms with van der Waals surface area (Å²) < 4.78 is 0. The van der Waals surface area contributed by atoms with Gasteiger partial charge in [-0.25, -0.2) is 0 Å². The van der Waals surface area contributed by atoms with Gasteiger partial charge >= 0.3 is 0 Å². The largest absolute Gasteiger partial charge is 0.320 e. The number of nitro groups is 1. The first-order valence-electron chi connectivity index (χ1n) is 5.64. The van der Waals surface area contributed by atoms with Crippen molar-refractivity contribution in [3.63, 3.8) is 0 Å². The number of hydrogen-bond donors (Lipinski definition) is 1. The summed E-state index contributed by atoms with van der Waals surface area (Å²) in [5.74, 6) is 0. The second-order valence-corrected chi connectivity index (χ2v) is 4.24. The van der Waals surface area contributed by atoms with Gasteiger partial charge in [-0.3, -0.25) is 10.1 Å². The Kier molecular flexibility index (Phi) is 3.39. The first-order valence-corrected chi connectivity index (χ1v) is 5.64. The van der Waals surface area contributed by atoms with Gasteiger partial charge in [0.15, 0.2) is 0 Å². The van der Waals surface area contributed by atoms with Gasteiger partial charge in [0.05, 0.1) is 11.0 Å². The molecule has 2 N–H and O–H groups in total. The van der Waals surface area contributed by atoms with Crippen LogP contribution >= 0.6 is 0 Å². The normalized spacial score (nSPS) is 12.1. The summed E-state index contributed by atoms with van der Waals surface area (Å²) in [5.41, 5.74) is 9.02. The molecular formula is C14H14N2O2. The topological polar surface area (TPSA) is 69.2 Å². The van der Waals surface area contributed by atoms with Crippen molar-refractivity contribution in [3.05, 3.63) is 75.3 Å². The molecule has 0 amide bonds. The second kappa shape index (κ2) is 4.98. The molecule has 0 aromatic heterocycles. The maximum absolute atomic E-state index is 10.7. The van der Waals surface area contributed by atoms with E-state index in [-0.39, 0.29) is 11.7 Å². The van der Waals surface area contributed by atoms with Crippen molar-refractivity contribution in [2.24, 2.45) is 5.73 Å². The molecule has 0 aliphatic rings. The van der Waals surface area contributed by atoms with Gasteiger partial charge in [0.25, 0.3) is 5.69 Å². The zero-order valence-electron chi connectivity index (χ0n) is 10.0. The molecule has 0 bridgehead atoms. The maximum atomic E-state index is 10.7. The Morgan fingerprint density at radius 1 is 1.11 bits per heavy atom. The summed E-state index contributed by atoms with van der Waals surface area (Å²) >= 11 is 0. The van der Waals surface area contributed by atoms with Crippen LogP contribution in [0.1, 0.15) is 22.7 Å². The molecule has 2 rings (SSSR count). The van der Waals surface area contributed by atoms with Crippen LogP contribution in [0.4, 0.5) is 5.69 Å². The summed E-state index contributed by atoms with van der Waals surface area (Å²) in [4.78, 5) is 10.3. The molecule has 18 heavy (non-hydrogen) atoms. The second-order valence-electron chi connectivity index (χ2n) is 4.24. The summed E-state index contributed by atoms with van der Waals surface area (Å²) in [7, 11) is 0. The van der Waals surface area contributed by atoms with Crippen molar-refractivity contribution < 1.29 is 4.92 Å². The van der Waals surface area contributed by atoms with Crippen LogP contribution in [0.3, 0.4) is 0 Å². The van der Waals surface area contributed by atoms with E-state index in [2.05, 4.69) is 0 Å². The summed E-state index contributed by atoms with van der Waals surface area (Å²) in [6.07, 6.45) is 0. The molecule has 0 heterocycles. The van der Waals surface area contributed by atoms with Crippen molar-refractivity contribution in [2.45, 2.75) is 13.0 Å². The Morgan fingerprint density at radius 3 is 2.39 bits per heavy atom. The van der Waals surface area contributed by atoms with Gasteiger partial charge in [-0.2, -0.15) is 0 Å². The molecule has 0 saturated heterocycles. The highest BCUT2D eigenvalue weighted by atomic mass is 16.6. The zero-order valence-corrected chi connectivity index (χ0v) is 10.0. The van der Waals surface area contributed by atoms with Crippen LogP contribution in [0.15, 0.2) is 48.5 Å². The lowest BCUT2D eigenvalue weighted by Crippen LogP contribution is -2.11. The molecule has 0 aliphatic heterocycles. The van der Waals surface area contributed by atoms with Crippen LogP contribution in [0.5, 0.6) is 0 Å². The Morgan fingerprint density at radius 2 is 1.78 bits per heavy atom. The van der Waals surface area contributed by atoms with Crippen molar-refractivity contribution in [1.82, 2.24) is 0 Å². The highest BCUT2D eigenvalue weighted by Gasteiger charge is 2.12. The molecule has 1 unspecified atom stereocenters. The first-order chi connectivity index (χ1) is 8.58. The van der Waals surface area contributed by atoms with Crippen molar-refractivity contribution in [2.75, 3.05) is 0 Å². The Hall–Kier alpha value is -2.20. The van der Waals surface area contributed by atoms with Gasteiger partial charge in [0.2, 0.25) is 0 Å². The van der Waals surface area contributed by atoms with E-state index in [0.717, 1.165) is 16.7 Å². The highest BCUT2D eigenvalue weighted by molar-refractivity contribution is 5.40. The average molecular weight is 242 g/mol. The van der Waals surface area contributed by atoms with E-state index in [1.54, 1.807) is 12.1 Å². The third-order valence-corrected chi connectivity index (χ3v) is 2.88. The van der Waals surface area contributed by atoms with Crippen LogP contribution < -0.4 is 5.73 Å². The summed E-state index contributed by atoms with van der Waals surface area (Å²) in [6.45, 7) is 2.00. The number of rotatable bonds is 3. The van der Waals surface area contributed by atoms with Crippen LogP contribution in [0.2, 0.25) is 0 Å². The van der Waals surface area contributed by atoms with Gasteiger partial charge in [-0.15, -0.1) is 0 Å². The molecule has 2 aromatic rings. The molecule has 0 aliphatic carbocycles. The van der Waals surface area contributed by atoms with E-state index in [0.29, 0.717) is 0 Å². The Labute approximate surface area is 105 Å². The monoisotopic (exact) mass is 242 g/mol. The number of nitrogens with two attached hydrogens (primary N) is 1. The van der Waals surface area contributed by atoms with E-state index in [1.807, 2.05) is 31.2 Å². The molecule has 0 fully saturated rings. The molecule has 2 aromatic carbocycles. The van der Waals surface area contributed by atoms with Gasteiger partial charge in [-0.05, 0) is 18.1 Å². The molecule has 4 heteroatoms. The van der Waals surface area contributed by atoms with Crippen LogP contribution in [-0.4, -0.2) is 4.92 Å². The number of hydrogen-bond acceptors (Lipinski definition) is 3. The molecular weight excluding hydrogens is 228 g/mol. The van der Waals surface area contributed by atoms with Crippen LogP contribution in [0.25, 0.3) is 0 Å². The SMILES string of the molecule is Cc1ccc(C(N)c2cccc([N+](=O)[O-])c2)cc1. The quantitative estimate of drug-likeness (QED) is 0.664.